The topological polar surface area (TPSA) is 41.4 Å². The lowest BCUT2D eigenvalue weighted by Gasteiger charge is -2.35. The minimum Gasteiger partial charge on any atom is -0.335 e. The van der Waals surface area contributed by atoms with Gasteiger partial charge in [0.15, 0.2) is 0 Å². The number of aryl methyl sites for hydroxylation is 1. The normalized spacial score (nSPS) is 14.6. The summed E-state index contributed by atoms with van der Waals surface area (Å²) in [5.74, 6) is 0.0539. The molecule has 0 radical (unpaired) electrons. The van der Waals surface area contributed by atoms with Gasteiger partial charge in [0.25, 0.3) is 5.91 Å². The van der Waals surface area contributed by atoms with E-state index < -0.39 is 0 Å². The fourth-order valence-corrected chi connectivity index (χ4v) is 4.90. The molecule has 1 aliphatic heterocycles. The number of halogens is 2. The number of hydrogen-bond acceptors (Lipinski definition) is 3. The van der Waals surface area contributed by atoms with E-state index in [1.54, 1.807) is 0 Å². The van der Waals surface area contributed by atoms with Crippen LogP contribution in [0.1, 0.15) is 27.2 Å². The molecule has 2 aromatic carbocycles. The number of piperazine rings is 1. The summed E-state index contributed by atoms with van der Waals surface area (Å²) in [4.78, 5) is 22.3. The minimum absolute atomic E-state index is 0.0539. The number of benzene rings is 2. The van der Waals surface area contributed by atoms with E-state index in [1.807, 2.05) is 65.8 Å². The summed E-state index contributed by atoms with van der Waals surface area (Å²) in [5, 5.41) is 2.33. The second-order valence-corrected chi connectivity index (χ2v) is 9.76. The predicted molar refractivity (Wildman–Crippen MR) is 138 cm³/mol. The first-order valence-corrected chi connectivity index (χ1v) is 12.2. The van der Waals surface area contributed by atoms with Gasteiger partial charge in [-0.3, -0.25) is 14.7 Å². The van der Waals surface area contributed by atoms with Crippen LogP contribution in [0.4, 0.5) is 0 Å². The number of fused-ring (bicyclic) bond motifs is 1. The van der Waals surface area contributed by atoms with Crippen LogP contribution in [0.15, 0.2) is 67.0 Å². The summed E-state index contributed by atoms with van der Waals surface area (Å²) in [6.45, 7) is 6.56. The summed E-state index contributed by atoms with van der Waals surface area (Å²) in [5.41, 5.74) is 5.14. The molecule has 0 atom stereocenters. The van der Waals surface area contributed by atoms with Crippen molar-refractivity contribution in [2.45, 2.75) is 20.0 Å². The van der Waals surface area contributed by atoms with E-state index in [1.165, 1.54) is 11.1 Å². The second-order valence-electron chi connectivity index (χ2n) is 8.88. The zero-order chi connectivity index (χ0) is 23.7. The van der Waals surface area contributed by atoms with Crippen LogP contribution in [0, 0.1) is 6.92 Å². The number of carbonyl (C=O) groups excluding carboxylic acids is 1. The highest BCUT2D eigenvalue weighted by Gasteiger charge is 2.25. The monoisotopic (exact) mass is 492 g/mol. The number of carbonyl (C=O) groups is 1. The Kier molecular flexibility index (Phi) is 6.59. The number of aromatic nitrogens is 2. The standard InChI is InChI=1S/C27H26Cl2N4O/c1-19-12-21(16-30-15-19)17-31-8-10-32(11-9-31)27(34)26-14-22-13-24(29)6-7-25(22)33(26)18-20-2-4-23(28)5-3-20/h2-7,12-16H,8-11,17-18H2,1H3. The van der Waals surface area contributed by atoms with Gasteiger partial charge in [0.1, 0.15) is 5.69 Å². The lowest BCUT2D eigenvalue weighted by molar-refractivity contribution is 0.0619. The fourth-order valence-electron chi connectivity index (χ4n) is 4.59. The molecule has 3 heterocycles. The predicted octanol–water partition coefficient (Wildman–Crippen LogP) is 5.66. The van der Waals surface area contributed by atoms with Crippen LogP contribution in [0.2, 0.25) is 10.0 Å². The first-order chi connectivity index (χ1) is 16.5. The number of rotatable bonds is 5. The van der Waals surface area contributed by atoms with Gasteiger partial charge in [0.2, 0.25) is 0 Å². The van der Waals surface area contributed by atoms with Crippen LogP contribution in [0.5, 0.6) is 0 Å². The Morgan fingerprint density at radius 3 is 2.32 bits per heavy atom. The van der Waals surface area contributed by atoms with Crippen LogP contribution in [-0.4, -0.2) is 51.4 Å². The Labute approximate surface area is 209 Å². The highest BCUT2D eigenvalue weighted by molar-refractivity contribution is 6.31. The third-order valence-corrected chi connectivity index (χ3v) is 6.82. The minimum atomic E-state index is 0.0539. The third kappa shape index (κ3) is 4.97. The second kappa shape index (κ2) is 9.79. The van der Waals surface area contributed by atoms with Gasteiger partial charge in [-0.1, -0.05) is 41.4 Å². The largest absolute Gasteiger partial charge is 0.335 e. The molecule has 34 heavy (non-hydrogen) atoms. The summed E-state index contributed by atoms with van der Waals surface area (Å²) >= 11 is 12.3. The van der Waals surface area contributed by atoms with E-state index in [2.05, 4.69) is 27.4 Å². The molecule has 5 rings (SSSR count). The molecule has 174 valence electrons. The van der Waals surface area contributed by atoms with Crippen molar-refractivity contribution in [3.8, 4) is 0 Å². The molecule has 1 fully saturated rings. The average Bonchev–Trinajstić information content (AvgIpc) is 3.18. The van der Waals surface area contributed by atoms with Crippen molar-refractivity contribution in [3.05, 3.63) is 99.4 Å². The van der Waals surface area contributed by atoms with E-state index in [4.69, 9.17) is 23.2 Å². The van der Waals surface area contributed by atoms with Gasteiger partial charge >= 0.3 is 0 Å². The van der Waals surface area contributed by atoms with Crippen molar-refractivity contribution in [2.24, 2.45) is 0 Å². The van der Waals surface area contributed by atoms with Gasteiger partial charge in [-0.25, -0.2) is 0 Å². The van der Waals surface area contributed by atoms with Gasteiger partial charge in [-0.2, -0.15) is 0 Å². The summed E-state index contributed by atoms with van der Waals surface area (Å²) in [6.07, 6.45) is 3.79. The zero-order valence-corrected chi connectivity index (χ0v) is 20.6. The molecular formula is C27H26Cl2N4O. The van der Waals surface area contributed by atoms with Gasteiger partial charge in [-0.05, 0) is 60.0 Å². The van der Waals surface area contributed by atoms with E-state index in [-0.39, 0.29) is 5.91 Å². The number of amides is 1. The number of pyridine rings is 1. The molecule has 7 heteroatoms. The highest BCUT2D eigenvalue weighted by atomic mass is 35.5. The molecule has 0 aliphatic carbocycles. The Hall–Kier alpha value is -2.86. The van der Waals surface area contributed by atoms with Gasteiger partial charge in [0, 0.05) is 72.6 Å². The first-order valence-electron chi connectivity index (χ1n) is 11.4. The van der Waals surface area contributed by atoms with Gasteiger partial charge < -0.3 is 9.47 Å². The molecule has 0 unspecified atom stereocenters. The van der Waals surface area contributed by atoms with Crippen molar-refractivity contribution >= 4 is 40.0 Å². The van der Waals surface area contributed by atoms with Crippen LogP contribution >= 0.6 is 23.2 Å². The van der Waals surface area contributed by atoms with E-state index in [0.29, 0.717) is 35.4 Å². The van der Waals surface area contributed by atoms with Crippen molar-refractivity contribution in [2.75, 3.05) is 26.2 Å². The maximum atomic E-state index is 13.7. The molecular weight excluding hydrogens is 467 g/mol. The molecule has 5 nitrogen and oxygen atoms in total. The number of nitrogens with zero attached hydrogens (tertiary/aromatic N) is 4. The quantitative estimate of drug-likeness (QED) is 0.361. The Balaban J connectivity index is 1.36. The van der Waals surface area contributed by atoms with Crippen molar-refractivity contribution in [1.29, 1.82) is 0 Å². The fraction of sp³-hybridized carbons (Fsp3) is 0.259. The molecule has 1 aliphatic rings. The smallest absolute Gasteiger partial charge is 0.270 e. The Bertz CT molecular complexity index is 1320. The molecule has 0 bridgehead atoms. The maximum absolute atomic E-state index is 13.7. The average molecular weight is 493 g/mol. The highest BCUT2D eigenvalue weighted by Crippen LogP contribution is 2.26. The van der Waals surface area contributed by atoms with E-state index >= 15 is 0 Å². The van der Waals surface area contributed by atoms with Gasteiger partial charge in [-0.15, -0.1) is 0 Å². The van der Waals surface area contributed by atoms with Gasteiger partial charge in [0.05, 0.1) is 0 Å². The molecule has 0 spiro atoms. The van der Waals surface area contributed by atoms with Crippen molar-refractivity contribution in [1.82, 2.24) is 19.4 Å². The van der Waals surface area contributed by atoms with Crippen molar-refractivity contribution < 1.29 is 4.79 Å². The van der Waals surface area contributed by atoms with Crippen molar-refractivity contribution in [3.63, 3.8) is 0 Å². The van der Waals surface area contributed by atoms with Crippen LogP contribution in [0.25, 0.3) is 10.9 Å². The Morgan fingerprint density at radius 2 is 1.59 bits per heavy atom. The summed E-state index contributed by atoms with van der Waals surface area (Å²) in [7, 11) is 0. The lowest BCUT2D eigenvalue weighted by Crippen LogP contribution is -2.48. The third-order valence-electron chi connectivity index (χ3n) is 6.33. The molecule has 1 amide bonds. The van der Waals surface area contributed by atoms with E-state index in [9.17, 15) is 4.79 Å². The molecule has 0 saturated carbocycles. The van der Waals surface area contributed by atoms with Crippen LogP contribution in [-0.2, 0) is 13.1 Å². The molecule has 0 N–H and O–H groups in total. The molecule has 4 aromatic rings. The van der Waals surface area contributed by atoms with Crippen LogP contribution < -0.4 is 0 Å². The summed E-state index contributed by atoms with van der Waals surface area (Å²) in [6, 6.07) is 17.7. The first kappa shape index (κ1) is 22.9. The zero-order valence-electron chi connectivity index (χ0n) is 19.0. The van der Waals surface area contributed by atoms with E-state index in [0.717, 1.165) is 36.1 Å². The maximum Gasteiger partial charge on any atom is 0.270 e. The molecule has 2 aromatic heterocycles. The molecule has 1 saturated heterocycles. The number of hydrogen-bond donors (Lipinski definition) is 0. The van der Waals surface area contributed by atoms with Crippen LogP contribution in [0.3, 0.4) is 0 Å². The lowest BCUT2D eigenvalue weighted by atomic mass is 10.2. The summed E-state index contributed by atoms with van der Waals surface area (Å²) < 4.78 is 2.09. The Morgan fingerprint density at radius 1 is 0.853 bits per heavy atom. The SMILES string of the molecule is Cc1cncc(CN2CCN(C(=O)c3cc4cc(Cl)ccc4n3Cc3ccc(Cl)cc3)CC2)c1.